The van der Waals surface area contributed by atoms with Gasteiger partial charge in [0, 0.05) is 19.7 Å². The van der Waals surface area contributed by atoms with Crippen LogP contribution in [0.4, 0.5) is 0 Å². The van der Waals surface area contributed by atoms with Gasteiger partial charge in [0.1, 0.15) is 5.54 Å². The minimum Gasteiger partial charge on any atom is -0.379 e. The Hall–Kier alpha value is -0.610. The molecule has 1 aliphatic carbocycles. The van der Waals surface area contributed by atoms with Crippen molar-refractivity contribution in [3.8, 4) is 0 Å². The predicted octanol–water partition coefficient (Wildman–Crippen LogP) is 1.53. The average molecular weight is 254 g/mol. The number of carbonyl (C=O) groups is 1. The van der Waals surface area contributed by atoms with Crippen LogP contribution in [0.3, 0.4) is 0 Å². The Balaban J connectivity index is 1.95. The van der Waals surface area contributed by atoms with E-state index in [9.17, 15) is 4.79 Å². The normalized spacial score (nSPS) is 32.4. The van der Waals surface area contributed by atoms with Crippen molar-refractivity contribution in [2.45, 2.75) is 57.5 Å². The molecular weight excluding hydrogens is 228 g/mol. The summed E-state index contributed by atoms with van der Waals surface area (Å²) >= 11 is 0. The van der Waals surface area contributed by atoms with Gasteiger partial charge in [-0.3, -0.25) is 4.79 Å². The molecule has 2 fully saturated rings. The average Bonchev–Trinajstić information content (AvgIpc) is 2.75. The minimum absolute atomic E-state index is 0.0599. The number of hydrogen-bond acceptors (Lipinski definition) is 3. The molecule has 4 nitrogen and oxygen atoms in total. The second kappa shape index (κ2) is 4.82. The lowest BCUT2D eigenvalue weighted by Gasteiger charge is -2.40. The molecule has 0 bridgehead atoms. The molecule has 0 aromatic rings. The van der Waals surface area contributed by atoms with Gasteiger partial charge in [-0.05, 0) is 37.5 Å². The van der Waals surface area contributed by atoms with Gasteiger partial charge in [-0.25, -0.2) is 0 Å². The zero-order valence-electron chi connectivity index (χ0n) is 11.9. The van der Waals surface area contributed by atoms with Crippen molar-refractivity contribution < 1.29 is 9.53 Å². The van der Waals surface area contributed by atoms with Crippen molar-refractivity contribution in [2.24, 2.45) is 11.1 Å². The summed E-state index contributed by atoms with van der Waals surface area (Å²) in [6, 6.07) is 0.353. The first-order valence-electron chi connectivity index (χ1n) is 6.98. The van der Waals surface area contributed by atoms with E-state index in [-0.39, 0.29) is 5.91 Å². The molecule has 1 saturated carbocycles. The van der Waals surface area contributed by atoms with Gasteiger partial charge in [-0.1, -0.05) is 13.8 Å². The van der Waals surface area contributed by atoms with Crippen LogP contribution < -0.4 is 5.73 Å². The zero-order valence-corrected chi connectivity index (χ0v) is 11.9. The highest BCUT2D eigenvalue weighted by atomic mass is 16.5. The summed E-state index contributed by atoms with van der Waals surface area (Å²) in [5.41, 5.74) is 5.80. The number of amides is 1. The summed E-state index contributed by atoms with van der Waals surface area (Å²) in [5, 5.41) is 0. The van der Waals surface area contributed by atoms with Crippen molar-refractivity contribution in [3.63, 3.8) is 0 Å². The molecule has 0 aromatic carbocycles. The van der Waals surface area contributed by atoms with Crippen LogP contribution in [0.5, 0.6) is 0 Å². The molecule has 1 unspecified atom stereocenters. The van der Waals surface area contributed by atoms with Gasteiger partial charge in [0.25, 0.3) is 0 Å². The summed E-state index contributed by atoms with van der Waals surface area (Å²) in [5.74, 6) is 0.0599. The van der Waals surface area contributed by atoms with Crippen LogP contribution in [0, 0.1) is 5.41 Å². The quantitative estimate of drug-likeness (QED) is 0.813. The Morgan fingerprint density at radius 2 is 1.89 bits per heavy atom. The number of ether oxygens (including phenoxy) is 1. The van der Waals surface area contributed by atoms with Gasteiger partial charge >= 0.3 is 0 Å². The van der Waals surface area contributed by atoms with E-state index in [0.29, 0.717) is 31.1 Å². The Labute approximate surface area is 110 Å². The minimum atomic E-state index is -0.776. The molecule has 2 N–H and O–H groups in total. The second-order valence-electron chi connectivity index (χ2n) is 6.77. The van der Waals surface area contributed by atoms with Gasteiger partial charge in [0.05, 0.1) is 6.61 Å². The molecule has 1 amide bonds. The van der Waals surface area contributed by atoms with E-state index in [1.54, 1.807) is 0 Å². The third kappa shape index (κ3) is 2.69. The van der Waals surface area contributed by atoms with E-state index >= 15 is 0 Å². The standard InChI is InChI=1S/C14H26N2O2/c1-13(2)6-4-11(5-7-13)16(3)12(17)14(15)8-9-18-10-14/h11H,4-10,15H2,1-3H3. The highest BCUT2D eigenvalue weighted by Gasteiger charge is 2.42. The molecule has 1 heterocycles. The van der Waals surface area contributed by atoms with E-state index < -0.39 is 5.54 Å². The maximum Gasteiger partial charge on any atom is 0.245 e. The summed E-state index contributed by atoms with van der Waals surface area (Å²) < 4.78 is 5.28. The van der Waals surface area contributed by atoms with Crippen molar-refractivity contribution in [3.05, 3.63) is 0 Å². The molecule has 2 rings (SSSR count). The first-order chi connectivity index (χ1) is 8.34. The number of carbonyl (C=O) groups excluding carboxylic acids is 1. The molecule has 4 heteroatoms. The SMILES string of the molecule is CN(C(=O)C1(N)CCOC1)C1CCC(C)(C)CC1. The van der Waals surface area contributed by atoms with Crippen molar-refractivity contribution in [1.29, 1.82) is 0 Å². The summed E-state index contributed by atoms with van der Waals surface area (Å²) in [6.07, 6.45) is 5.19. The van der Waals surface area contributed by atoms with Gasteiger partial charge in [0.15, 0.2) is 0 Å². The van der Waals surface area contributed by atoms with Crippen LogP contribution in [0.15, 0.2) is 0 Å². The number of nitrogens with zero attached hydrogens (tertiary/aromatic N) is 1. The predicted molar refractivity (Wildman–Crippen MR) is 71.2 cm³/mol. The van der Waals surface area contributed by atoms with Crippen LogP contribution in [0.25, 0.3) is 0 Å². The third-order valence-corrected chi connectivity index (χ3v) is 4.65. The first kappa shape index (κ1) is 13.8. The van der Waals surface area contributed by atoms with Gasteiger partial charge < -0.3 is 15.4 Å². The Morgan fingerprint density at radius 1 is 1.28 bits per heavy atom. The number of nitrogens with two attached hydrogens (primary N) is 1. The molecule has 2 aliphatic rings. The van der Waals surface area contributed by atoms with Crippen LogP contribution in [0.1, 0.15) is 46.0 Å². The third-order valence-electron chi connectivity index (χ3n) is 4.65. The second-order valence-corrected chi connectivity index (χ2v) is 6.77. The zero-order chi connectivity index (χ0) is 13.4. The molecule has 0 spiro atoms. The number of rotatable bonds is 2. The molecule has 1 saturated heterocycles. The fourth-order valence-electron chi connectivity index (χ4n) is 3.04. The summed E-state index contributed by atoms with van der Waals surface area (Å²) in [4.78, 5) is 14.3. The molecule has 1 atom stereocenters. The lowest BCUT2D eigenvalue weighted by molar-refractivity contribution is -0.138. The van der Waals surface area contributed by atoms with Crippen LogP contribution in [0.2, 0.25) is 0 Å². The fourth-order valence-corrected chi connectivity index (χ4v) is 3.04. The molecule has 0 aromatic heterocycles. The monoisotopic (exact) mass is 254 g/mol. The van der Waals surface area contributed by atoms with Gasteiger partial charge in [-0.15, -0.1) is 0 Å². The fraction of sp³-hybridized carbons (Fsp3) is 0.929. The largest absolute Gasteiger partial charge is 0.379 e. The molecule has 0 radical (unpaired) electrons. The van der Waals surface area contributed by atoms with Crippen LogP contribution in [-0.4, -0.2) is 42.6 Å². The highest BCUT2D eigenvalue weighted by molar-refractivity contribution is 5.86. The smallest absolute Gasteiger partial charge is 0.245 e. The Kier molecular flexibility index (Phi) is 3.70. The molecular formula is C14H26N2O2. The maximum atomic E-state index is 12.4. The topological polar surface area (TPSA) is 55.6 Å². The molecule has 1 aliphatic heterocycles. The van der Waals surface area contributed by atoms with Gasteiger partial charge in [0.2, 0.25) is 5.91 Å². The van der Waals surface area contributed by atoms with Gasteiger partial charge in [-0.2, -0.15) is 0 Å². The van der Waals surface area contributed by atoms with E-state index in [1.807, 2.05) is 11.9 Å². The Morgan fingerprint density at radius 3 is 2.39 bits per heavy atom. The number of hydrogen-bond donors (Lipinski definition) is 1. The van der Waals surface area contributed by atoms with Crippen LogP contribution >= 0.6 is 0 Å². The summed E-state index contributed by atoms with van der Waals surface area (Å²) in [6.45, 7) is 5.59. The van der Waals surface area contributed by atoms with E-state index in [4.69, 9.17) is 10.5 Å². The van der Waals surface area contributed by atoms with Crippen molar-refractivity contribution in [2.75, 3.05) is 20.3 Å². The number of likely N-dealkylation sites (N-methyl/N-ethyl adjacent to an activating group) is 1. The van der Waals surface area contributed by atoms with Crippen LogP contribution in [-0.2, 0) is 9.53 Å². The first-order valence-corrected chi connectivity index (χ1v) is 6.98. The highest BCUT2D eigenvalue weighted by Crippen LogP contribution is 2.37. The molecule has 18 heavy (non-hydrogen) atoms. The Bertz CT molecular complexity index is 312. The van der Waals surface area contributed by atoms with E-state index in [0.717, 1.165) is 12.8 Å². The van der Waals surface area contributed by atoms with E-state index in [2.05, 4.69) is 13.8 Å². The maximum absolute atomic E-state index is 12.4. The van der Waals surface area contributed by atoms with E-state index in [1.165, 1.54) is 12.8 Å². The molecule has 104 valence electrons. The lowest BCUT2D eigenvalue weighted by atomic mass is 9.75. The summed E-state index contributed by atoms with van der Waals surface area (Å²) in [7, 11) is 1.90. The van der Waals surface area contributed by atoms with Crippen molar-refractivity contribution >= 4 is 5.91 Å². The van der Waals surface area contributed by atoms with Crippen molar-refractivity contribution in [1.82, 2.24) is 4.90 Å². The lowest BCUT2D eigenvalue weighted by Crippen LogP contribution is -2.57.